The number of rotatable bonds is 5. The average Bonchev–Trinajstić information content (AvgIpc) is 2.53. The van der Waals surface area contributed by atoms with E-state index in [9.17, 15) is 13.2 Å². The Morgan fingerprint density at radius 2 is 1.88 bits per heavy atom. The number of amides is 1. The van der Waals surface area contributed by atoms with Crippen LogP contribution in [-0.4, -0.2) is 39.4 Å². The standard InChI is InChI=1S/C16H25N5O3S/c1-11(2)20-25(23,24)14-10-12(15(22)19-16(17)18)6-7-13(14)21-8-4-3-5-9-21/h6-7,10-11,20H,3-5,8-9H2,1-2H3,(H4,17,18,19,22). The first-order valence-electron chi connectivity index (χ1n) is 8.27. The van der Waals surface area contributed by atoms with Crippen molar-refractivity contribution in [1.29, 1.82) is 5.41 Å². The molecule has 5 N–H and O–H groups in total. The van der Waals surface area contributed by atoms with Crippen molar-refractivity contribution in [1.82, 2.24) is 10.0 Å². The fraction of sp³-hybridized carbons (Fsp3) is 0.500. The highest BCUT2D eigenvalue weighted by molar-refractivity contribution is 7.89. The van der Waals surface area contributed by atoms with E-state index in [4.69, 9.17) is 11.1 Å². The maximum atomic E-state index is 12.8. The van der Waals surface area contributed by atoms with Crippen molar-refractivity contribution in [3.05, 3.63) is 23.8 Å². The lowest BCUT2D eigenvalue weighted by atomic mass is 10.1. The highest BCUT2D eigenvalue weighted by atomic mass is 32.2. The maximum Gasteiger partial charge on any atom is 0.257 e. The Bertz CT molecular complexity index is 755. The number of piperidine rings is 1. The van der Waals surface area contributed by atoms with E-state index in [0.717, 1.165) is 32.4 Å². The summed E-state index contributed by atoms with van der Waals surface area (Å²) in [6.45, 7) is 5.04. The number of hydrogen-bond donors (Lipinski definition) is 4. The molecule has 1 aliphatic rings. The molecule has 9 heteroatoms. The first-order chi connectivity index (χ1) is 11.7. The molecule has 2 rings (SSSR count). The summed E-state index contributed by atoms with van der Waals surface area (Å²) >= 11 is 0. The minimum Gasteiger partial charge on any atom is -0.370 e. The van der Waals surface area contributed by atoms with Crippen LogP contribution in [0, 0.1) is 5.41 Å². The Labute approximate surface area is 148 Å². The van der Waals surface area contributed by atoms with Gasteiger partial charge in [-0.1, -0.05) is 0 Å². The first kappa shape index (κ1) is 19.2. The average molecular weight is 367 g/mol. The molecule has 25 heavy (non-hydrogen) atoms. The number of guanidine groups is 1. The minimum atomic E-state index is -3.78. The number of carbonyl (C=O) groups excluding carboxylic acids is 1. The smallest absolute Gasteiger partial charge is 0.257 e. The van der Waals surface area contributed by atoms with Crippen molar-refractivity contribution >= 4 is 27.6 Å². The van der Waals surface area contributed by atoms with Crippen LogP contribution in [0.5, 0.6) is 0 Å². The Balaban J connectivity index is 2.48. The summed E-state index contributed by atoms with van der Waals surface area (Å²) in [6.07, 6.45) is 3.13. The number of anilines is 1. The van der Waals surface area contributed by atoms with Gasteiger partial charge in [0, 0.05) is 24.7 Å². The van der Waals surface area contributed by atoms with Gasteiger partial charge in [-0.25, -0.2) is 13.1 Å². The molecular weight excluding hydrogens is 342 g/mol. The van der Waals surface area contributed by atoms with Gasteiger partial charge < -0.3 is 10.6 Å². The van der Waals surface area contributed by atoms with Crippen molar-refractivity contribution in [3.8, 4) is 0 Å². The van der Waals surface area contributed by atoms with Gasteiger partial charge in [-0.15, -0.1) is 0 Å². The second-order valence-corrected chi connectivity index (χ2v) is 8.06. The lowest BCUT2D eigenvalue weighted by Gasteiger charge is -2.30. The summed E-state index contributed by atoms with van der Waals surface area (Å²) in [5.74, 6) is -1.10. The van der Waals surface area contributed by atoms with Crippen LogP contribution in [0.3, 0.4) is 0 Å². The van der Waals surface area contributed by atoms with E-state index in [1.807, 2.05) is 4.90 Å². The van der Waals surface area contributed by atoms with E-state index in [0.29, 0.717) is 5.69 Å². The van der Waals surface area contributed by atoms with Gasteiger partial charge in [0.25, 0.3) is 5.91 Å². The predicted octanol–water partition coefficient (Wildman–Crippen LogP) is 0.987. The summed E-state index contributed by atoms with van der Waals surface area (Å²) in [6, 6.07) is 4.27. The summed E-state index contributed by atoms with van der Waals surface area (Å²) < 4.78 is 28.1. The van der Waals surface area contributed by atoms with Crippen LogP contribution in [-0.2, 0) is 10.0 Å². The highest BCUT2D eigenvalue weighted by Gasteiger charge is 2.25. The molecule has 0 radical (unpaired) electrons. The van der Waals surface area contributed by atoms with Crippen molar-refractivity contribution in [2.24, 2.45) is 5.73 Å². The van der Waals surface area contributed by atoms with Gasteiger partial charge in [0.2, 0.25) is 10.0 Å². The van der Waals surface area contributed by atoms with Gasteiger partial charge in [0.1, 0.15) is 4.90 Å². The molecule has 0 unspecified atom stereocenters. The molecule has 0 aromatic heterocycles. The largest absolute Gasteiger partial charge is 0.370 e. The number of nitrogens with one attached hydrogen (secondary N) is 3. The zero-order valence-electron chi connectivity index (χ0n) is 14.5. The van der Waals surface area contributed by atoms with Crippen molar-refractivity contribution in [3.63, 3.8) is 0 Å². The van der Waals surface area contributed by atoms with Gasteiger partial charge in [0.15, 0.2) is 5.96 Å². The highest BCUT2D eigenvalue weighted by Crippen LogP contribution is 2.29. The van der Waals surface area contributed by atoms with Gasteiger partial charge in [-0.05, 0) is 51.3 Å². The fourth-order valence-electron chi connectivity index (χ4n) is 2.83. The van der Waals surface area contributed by atoms with Gasteiger partial charge in [-0.3, -0.25) is 15.5 Å². The zero-order valence-corrected chi connectivity index (χ0v) is 15.3. The number of nitrogens with zero attached hydrogens (tertiary/aromatic N) is 1. The predicted molar refractivity (Wildman–Crippen MR) is 97.3 cm³/mol. The molecule has 0 bridgehead atoms. The molecule has 8 nitrogen and oxygen atoms in total. The van der Waals surface area contributed by atoms with Crippen LogP contribution in [0.25, 0.3) is 0 Å². The quantitative estimate of drug-likeness (QED) is 0.456. The molecule has 0 atom stereocenters. The van der Waals surface area contributed by atoms with Crippen molar-refractivity contribution in [2.45, 2.75) is 44.0 Å². The molecule has 1 aromatic carbocycles. The molecule has 1 fully saturated rings. The second kappa shape index (κ2) is 7.83. The maximum absolute atomic E-state index is 12.8. The third kappa shape index (κ3) is 4.93. The van der Waals surface area contributed by atoms with Crippen LogP contribution in [0.2, 0.25) is 0 Å². The number of sulfonamides is 1. The third-order valence-corrected chi connectivity index (χ3v) is 5.54. The molecular formula is C16H25N5O3S. The molecule has 1 heterocycles. The molecule has 0 saturated carbocycles. The van der Waals surface area contributed by atoms with Gasteiger partial charge in [-0.2, -0.15) is 0 Å². The Morgan fingerprint density at radius 1 is 1.24 bits per heavy atom. The monoisotopic (exact) mass is 367 g/mol. The lowest BCUT2D eigenvalue weighted by molar-refractivity contribution is 0.0976. The summed E-state index contributed by atoms with van der Waals surface area (Å²) in [7, 11) is -3.78. The van der Waals surface area contributed by atoms with Crippen LogP contribution in [0.1, 0.15) is 43.5 Å². The number of hydrogen-bond acceptors (Lipinski definition) is 5. The normalized spacial score (nSPS) is 15.2. The van der Waals surface area contributed by atoms with E-state index in [2.05, 4.69) is 10.0 Å². The van der Waals surface area contributed by atoms with Gasteiger partial charge in [0.05, 0.1) is 5.69 Å². The van der Waals surface area contributed by atoms with Crippen LogP contribution in [0.4, 0.5) is 5.69 Å². The molecule has 1 aliphatic heterocycles. The van der Waals surface area contributed by atoms with Gasteiger partial charge >= 0.3 is 0 Å². The Hall–Kier alpha value is -2.13. The summed E-state index contributed by atoms with van der Waals surface area (Å²) in [5, 5.41) is 9.32. The van der Waals surface area contributed by atoms with E-state index in [1.54, 1.807) is 26.0 Å². The molecule has 138 valence electrons. The Morgan fingerprint density at radius 3 is 2.44 bits per heavy atom. The SMILES string of the molecule is CC(C)NS(=O)(=O)c1cc(C(=O)NC(=N)N)ccc1N1CCCCC1. The van der Waals surface area contributed by atoms with E-state index in [1.165, 1.54) is 6.07 Å². The summed E-state index contributed by atoms with van der Waals surface area (Å²) in [5.41, 5.74) is 5.91. The Kier molecular flexibility index (Phi) is 6.02. The topological polar surface area (TPSA) is 128 Å². The molecule has 1 saturated heterocycles. The number of carbonyl (C=O) groups is 1. The molecule has 0 aliphatic carbocycles. The van der Waals surface area contributed by atoms with E-state index < -0.39 is 21.9 Å². The van der Waals surface area contributed by atoms with Crippen molar-refractivity contribution < 1.29 is 13.2 Å². The summed E-state index contributed by atoms with van der Waals surface area (Å²) in [4.78, 5) is 14.2. The molecule has 1 aromatic rings. The van der Waals surface area contributed by atoms with Crippen LogP contribution >= 0.6 is 0 Å². The molecule has 1 amide bonds. The number of nitrogens with two attached hydrogens (primary N) is 1. The first-order valence-corrected chi connectivity index (χ1v) is 9.76. The van der Waals surface area contributed by atoms with Crippen LogP contribution < -0.4 is 20.7 Å². The van der Waals surface area contributed by atoms with E-state index in [-0.39, 0.29) is 16.5 Å². The second-order valence-electron chi connectivity index (χ2n) is 6.37. The molecule has 0 spiro atoms. The number of benzene rings is 1. The lowest BCUT2D eigenvalue weighted by Crippen LogP contribution is -2.37. The van der Waals surface area contributed by atoms with E-state index >= 15 is 0 Å². The van der Waals surface area contributed by atoms with Crippen molar-refractivity contribution in [2.75, 3.05) is 18.0 Å². The zero-order chi connectivity index (χ0) is 18.6. The fourth-order valence-corrected chi connectivity index (χ4v) is 4.34. The minimum absolute atomic E-state index is 0.0688. The van der Waals surface area contributed by atoms with Crippen LogP contribution in [0.15, 0.2) is 23.1 Å². The third-order valence-electron chi connectivity index (χ3n) is 3.85.